The number of carbonyl (C=O) groups excluding carboxylic acids is 2. The summed E-state index contributed by atoms with van der Waals surface area (Å²) in [6, 6.07) is 16.4. The van der Waals surface area contributed by atoms with E-state index in [0.717, 1.165) is 49.1 Å². The fourth-order valence-electron chi connectivity index (χ4n) is 6.12. The molecule has 1 fully saturated rings. The number of anilines is 2. The van der Waals surface area contributed by atoms with Crippen LogP contribution in [0, 0.1) is 30.4 Å². The summed E-state index contributed by atoms with van der Waals surface area (Å²) in [4.78, 5) is 52.2. The number of halogens is 2. The molecule has 1 aliphatic rings. The number of fused-ring (bicyclic) bond motifs is 1. The summed E-state index contributed by atoms with van der Waals surface area (Å²) in [5.74, 6) is 3.76. The molecule has 13 heteroatoms. The van der Waals surface area contributed by atoms with Gasteiger partial charge in [0, 0.05) is 54.2 Å². The second-order valence-corrected chi connectivity index (χ2v) is 12.7. The van der Waals surface area contributed by atoms with E-state index in [2.05, 4.69) is 44.4 Å². The Morgan fingerprint density at radius 1 is 1.00 bits per heavy atom. The third-order valence-electron chi connectivity index (χ3n) is 9.30. The normalized spacial score (nSPS) is 13.5. The smallest absolute Gasteiger partial charge is 0.280 e. The number of hydrogen-bond acceptors (Lipinski definition) is 7. The zero-order valence-corrected chi connectivity index (χ0v) is 28.8. The van der Waals surface area contributed by atoms with Crippen molar-refractivity contribution in [2.45, 2.75) is 32.4 Å². The topological polar surface area (TPSA) is 117 Å². The maximum Gasteiger partial charge on any atom is 0.280 e. The highest BCUT2D eigenvalue weighted by Crippen LogP contribution is 2.21. The highest BCUT2D eigenvalue weighted by Gasteiger charge is 2.25. The van der Waals surface area contributed by atoms with Crippen molar-refractivity contribution in [2.75, 3.05) is 39.0 Å². The lowest BCUT2D eigenvalue weighted by Crippen LogP contribution is -2.44. The maximum absolute atomic E-state index is 13.7. The summed E-state index contributed by atoms with van der Waals surface area (Å²) in [5.41, 5.74) is 2.99. The van der Waals surface area contributed by atoms with Crippen LogP contribution in [0.2, 0.25) is 0 Å². The summed E-state index contributed by atoms with van der Waals surface area (Å²) < 4.78 is 29.8. The molecule has 5 aromatic rings. The number of hydrogen-bond donors (Lipinski definition) is 2. The van der Waals surface area contributed by atoms with Gasteiger partial charge in [0.2, 0.25) is 5.95 Å². The third-order valence-corrected chi connectivity index (χ3v) is 9.30. The first-order valence-corrected chi connectivity index (χ1v) is 16.6. The van der Waals surface area contributed by atoms with Crippen LogP contribution < -0.4 is 16.2 Å². The quantitative estimate of drug-likeness (QED) is 0.231. The van der Waals surface area contributed by atoms with Gasteiger partial charge in [-0.15, -0.1) is 0 Å². The Labute approximate surface area is 293 Å². The van der Waals surface area contributed by atoms with E-state index in [1.165, 1.54) is 15.4 Å². The van der Waals surface area contributed by atoms with Crippen LogP contribution in [0.25, 0.3) is 10.9 Å². The molecule has 0 saturated carbocycles. The zero-order valence-electron chi connectivity index (χ0n) is 28.8. The molecule has 0 spiro atoms. The number of nitrogens with one attached hydrogen (secondary N) is 2. The molecule has 1 aliphatic heterocycles. The van der Waals surface area contributed by atoms with E-state index in [9.17, 15) is 23.2 Å². The highest BCUT2D eigenvalue weighted by atomic mass is 19.2. The van der Waals surface area contributed by atoms with Gasteiger partial charge in [-0.3, -0.25) is 19.1 Å². The number of rotatable bonds is 8. The Hall–Kier alpha value is -5.87. The Balaban J connectivity index is 1.05. The van der Waals surface area contributed by atoms with Gasteiger partial charge in [0.05, 0.1) is 18.6 Å². The molecule has 0 unspecified atom stereocenters. The second-order valence-electron chi connectivity index (χ2n) is 12.7. The summed E-state index contributed by atoms with van der Waals surface area (Å²) in [5, 5.41) is 6.63. The summed E-state index contributed by atoms with van der Waals surface area (Å²) in [7, 11) is 5.60. The van der Waals surface area contributed by atoms with Crippen LogP contribution in [0.4, 0.5) is 20.4 Å². The van der Waals surface area contributed by atoms with E-state index in [0.29, 0.717) is 33.8 Å². The van der Waals surface area contributed by atoms with Gasteiger partial charge in [-0.1, -0.05) is 17.9 Å². The van der Waals surface area contributed by atoms with Crippen molar-refractivity contribution in [1.82, 2.24) is 34.4 Å². The Morgan fingerprint density at radius 3 is 2.47 bits per heavy atom. The minimum absolute atomic E-state index is 0.00791. The van der Waals surface area contributed by atoms with Crippen LogP contribution in [-0.2, 0) is 13.6 Å². The van der Waals surface area contributed by atoms with Gasteiger partial charge in [0.15, 0.2) is 11.6 Å². The lowest BCUT2D eigenvalue weighted by Gasteiger charge is -2.35. The van der Waals surface area contributed by atoms with Crippen molar-refractivity contribution >= 4 is 34.4 Å². The van der Waals surface area contributed by atoms with Crippen LogP contribution in [-0.4, -0.2) is 80.7 Å². The predicted molar refractivity (Wildman–Crippen MR) is 191 cm³/mol. The van der Waals surface area contributed by atoms with Crippen molar-refractivity contribution < 1.29 is 18.4 Å². The van der Waals surface area contributed by atoms with E-state index in [4.69, 9.17) is 0 Å². The monoisotopic (exact) mass is 692 g/mol. The number of piperidine rings is 1. The largest absolute Gasteiger partial charge is 0.341 e. The molecule has 0 radical (unpaired) electrons. The molecular weight excluding hydrogens is 654 g/mol. The Kier molecular flexibility index (Phi) is 10.2. The van der Waals surface area contributed by atoms with Gasteiger partial charge < -0.3 is 20.4 Å². The number of carbonyl (C=O) groups is 2. The molecule has 11 nitrogen and oxygen atoms in total. The van der Waals surface area contributed by atoms with Crippen molar-refractivity contribution in [2.24, 2.45) is 7.05 Å². The average molecular weight is 693 g/mol. The molecule has 262 valence electrons. The van der Waals surface area contributed by atoms with E-state index < -0.39 is 23.1 Å². The zero-order chi connectivity index (χ0) is 36.2. The van der Waals surface area contributed by atoms with Gasteiger partial charge in [0.1, 0.15) is 5.56 Å². The van der Waals surface area contributed by atoms with Crippen molar-refractivity contribution in [3.05, 3.63) is 117 Å². The lowest BCUT2D eigenvalue weighted by molar-refractivity contribution is 0.0659. The molecule has 1 saturated heterocycles. The third kappa shape index (κ3) is 7.81. The van der Waals surface area contributed by atoms with Gasteiger partial charge in [-0.2, -0.15) is 0 Å². The molecule has 0 bridgehead atoms. The van der Waals surface area contributed by atoms with E-state index in [1.54, 1.807) is 32.3 Å². The minimum Gasteiger partial charge on any atom is -0.341 e. The number of nitrogens with zero attached hydrogens (tertiary/aromatic N) is 6. The van der Waals surface area contributed by atoms with E-state index >= 15 is 0 Å². The summed E-state index contributed by atoms with van der Waals surface area (Å²) in [6.45, 7) is 3.57. The van der Waals surface area contributed by atoms with Gasteiger partial charge in [0.25, 0.3) is 17.4 Å². The fourth-order valence-corrected chi connectivity index (χ4v) is 6.12. The minimum atomic E-state index is -1.01. The van der Waals surface area contributed by atoms with Crippen molar-refractivity contribution in [1.29, 1.82) is 0 Å². The fraction of sp³-hybridized carbons (Fsp3) is 0.289. The van der Waals surface area contributed by atoms with Crippen LogP contribution >= 0.6 is 0 Å². The predicted octanol–water partition coefficient (Wildman–Crippen LogP) is 4.46. The molecule has 3 aromatic carbocycles. The first-order valence-electron chi connectivity index (χ1n) is 16.6. The van der Waals surface area contributed by atoms with Crippen LogP contribution in [0.5, 0.6) is 0 Å². The standard InChI is InChI=1S/C38H38F2N8O3/c1-24-34(37(51)48(47(24)4)23-26-7-13-31(39)32(40)21-26)35(49)41-17-5-6-25-8-14-33-28(20-25)22-42-38(44-33)43-29-11-9-27(10-12-29)36(50)46(3)30-15-18-45(2)19-16-30/h7-14,20-22,30H,15-19,23H2,1-4H3,(H,41,49)(H,42,43,44). The molecule has 3 heterocycles. The van der Waals surface area contributed by atoms with Gasteiger partial charge >= 0.3 is 0 Å². The molecule has 51 heavy (non-hydrogen) atoms. The lowest BCUT2D eigenvalue weighted by atomic mass is 10.0. The van der Waals surface area contributed by atoms with Crippen LogP contribution in [0.3, 0.4) is 0 Å². The molecule has 0 aliphatic carbocycles. The molecule has 2 amide bonds. The van der Waals surface area contributed by atoms with Gasteiger partial charge in [-0.25, -0.2) is 23.4 Å². The number of likely N-dealkylation sites (tertiary alicyclic amines) is 1. The second kappa shape index (κ2) is 14.9. The Bertz CT molecular complexity index is 2230. The molecular formula is C38H38F2N8O3. The first kappa shape index (κ1) is 35.0. The maximum atomic E-state index is 13.7. The number of benzene rings is 3. The molecule has 0 atom stereocenters. The highest BCUT2D eigenvalue weighted by molar-refractivity contribution is 5.95. The SMILES string of the molecule is Cc1c(C(=O)NCC#Cc2ccc3nc(Nc4ccc(C(=O)N(C)C5CCN(C)CC5)cc4)ncc3c2)c(=O)n(Cc2ccc(F)c(F)c2)n1C. The molecule has 2 aromatic heterocycles. The molecule has 6 rings (SSSR count). The van der Waals surface area contributed by atoms with Crippen LogP contribution in [0.1, 0.15) is 50.4 Å². The molecule has 2 N–H and O–H groups in total. The van der Waals surface area contributed by atoms with E-state index in [1.807, 2.05) is 42.3 Å². The number of amides is 2. The van der Waals surface area contributed by atoms with Gasteiger partial charge in [-0.05, 0) is 100 Å². The first-order chi connectivity index (χ1) is 24.5. The van der Waals surface area contributed by atoms with Crippen LogP contribution in [0.15, 0.2) is 71.7 Å². The van der Waals surface area contributed by atoms with E-state index in [-0.39, 0.29) is 30.6 Å². The number of aromatic nitrogens is 4. The van der Waals surface area contributed by atoms with Crippen molar-refractivity contribution in [3.8, 4) is 11.8 Å². The average Bonchev–Trinajstić information content (AvgIpc) is 3.34. The van der Waals surface area contributed by atoms with Crippen molar-refractivity contribution in [3.63, 3.8) is 0 Å². The summed E-state index contributed by atoms with van der Waals surface area (Å²) in [6.07, 6.45) is 3.63. The summed E-state index contributed by atoms with van der Waals surface area (Å²) >= 11 is 0. The Morgan fingerprint density at radius 2 is 1.75 bits per heavy atom.